The number of alkyl halides is 3. The zero-order valence-corrected chi connectivity index (χ0v) is 24.3. The number of piperidine rings is 1. The Morgan fingerprint density at radius 3 is 2.00 bits per heavy atom. The van der Waals surface area contributed by atoms with E-state index >= 15 is 0 Å². The first-order chi connectivity index (χ1) is 19.8. The van der Waals surface area contributed by atoms with Gasteiger partial charge in [-0.05, 0) is 29.7 Å². The van der Waals surface area contributed by atoms with Crippen LogP contribution in [-0.4, -0.2) is 57.3 Å². The maximum Gasteiger partial charge on any atom is 0.490 e. The molecule has 0 saturated carbocycles. The summed E-state index contributed by atoms with van der Waals surface area (Å²) >= 11 is 12.1. The molecule has 0 unspecified atom stereocenters. The van der Waals surface area contributed by atoms with Crippen LogP contribution in [0.2, 0.25) is 10.0 Å². The number of hydrogen-bond acceptors (Lipinski definition) is 5. The Hall–Kier alpha value is -3.16. The largest absolute Gasteiger partial charge is 0.490 e. The minimum absolute atomic E-state index is 0.0113. The van der Waals surface area contributed by atoms with Crippen molar-refractivity contribution in [3.8, 4) is 0 Å². The number of carboxylic acids is 1. The number of rotatable bonds is 8. The van der Waals surface area contributed by atoms with Gasteiger partial charge in [0.05, 0.1) is 16.0 Å². The highest BCUT2D eigenvalue weighted by atomic mass is 35.5. The van der Waals surface area contributed by atoms with Crippen molar-refractivity contribution < 1.29 is 36.3 Å². The van der Waals surface area contributed by atoms with Crippen LogP contribution in [0.5, 0.6) is 0 Å². The second-order valence-electron chi connectivity index (χ2n) is 9.38. The van der Waals surface area contributed by atoms with Gasteiger partial charge in [0.2, 0.25) is 15.9 Å². The van der Waals surface area contributed by atoms with Gasteiger partial charge < -0.3 is 15.7 Å². The molecular weight excluding hydrogens is 618 g/mol. The summed E-state index contributed by atoms with van der Waals surface area (Å²) in [5.41, 5.74) is 2.23. The van der Waals surface area contributed by atoms with Gasteiger partial charge in [-0.1, -0.05) is 89.9 Å². The van der Waals surface area contributed by atoms with E-state index in [1.165, 1.54) is 18.2 Å². The number of halogens is 5. The van der Waals surface area contributed by atoms with E-state index in [1.54, 1.807) is 0 Å². The molecule has 3 aromatic carbocycles. The van der Waals surface area contributed by atoms with Gasteiger partial charge in [0.1, 0.15) is 4.90 Å². The first-order valence-corrected chi connectivity index (χ1v) is 14.9. The number of aliphatic carboxylic acids is 1. The third-order valence-electron chi connectivity index (χ3n) is 6.38. The van der Waals surface area contributed by atoms with Crippen molar-refractivity contribution in [3.63, 3.8) is 0 Å². The smallest absolute Gasteiger partial charge is 0.475 e. The quantitative estimate of drug-likeness (QED) is 0.278. The summed E-state index contributed by atoms with van der Waals surface area (Å²) < 4.78 is 60.2. The summed E-state index contributed by atoms with van der Waals surface area (Å²) in [5.74, 6) is -3.23. The molecule has 4 rings (SSSR count). The van der Waals surface area contributed by atoms with Crippen LogP contribution in [0.4, 0.5) is 13.2 Å². The van der Waals surface area contributed by atoms with Crippen LogP contribution in [0.15, 0.2) is 83.8 Å². The van der Waals surface area contributed by atoms with E-state index in [4.69, 9.17) is 33.1 Å². The number of carboxylic acid groups (broad SMARTS) is 1. The highest BCUT2D eigenvalue weighted by Crippen LogP contribution is 2.29. The Morgan fingerprint density at radius 2 is 1.48 bits per heavy atom. The van der Waals surface area contributed by atoms with Crippen molar-refractivity contribution >= 4 is 45.1 Å². The average molecular weight is 647 g/mol. The van der Waals surface area contributed by atoms with Gasteiger partial charge in [-0.25, -0.2) is 17.9 Å². The van der Waals surface area contributed by atoms with E-state index in [0.717, 1.165) is 11.1 Å². The van der Waals surface area contributed by atoms with Crippen LogP contribution in [0.25, 0.3) is 0 Å². The molecule has 1 amide bonds. The summed E-state index contributed by atoms with van der Waals surface area (Å²) in [5, 5.41) is 13.5. The molecule has 42 heavy (non-hydrogen) atoms. The summed E-state index contributed by atoms with van der Waals surface area (Å²) in [6.07, 6.45) is -4.71. The van der Waals surface area contributed by atoms with Crippen LogP contribution in [0.3, 0.4) is 0 Å². The Bertz CT molecular complexity index is 1420. The van der Waals surface area contributed by atoms with Gasteiger partial charge >= 0.3 is 12.1 Å². The lowest BCUT2D eigenvalue weighted by molar-refractivity contribution is -0.192. The fraction of sp³-hybridized carbons (Fsp3) is 0.286. The van der Waals surface area contributed by atoms with E-state index in [9.17, 15) is 26.4 Å². The molecule has 1 saturated heterocycles. The zero-order chi connectivity index (χ0) is 30.9. The molecule has 1 fully saturated rings. The standard InChI is InChI=1S/C26H27Cl2N3O3S.C2HF3O2/c27-23-12-7-13-24(25(23)28)35(33,34)31-21-14-20(15-29-16-21)26(32)30-17-22(18-8-3-1-4-9-18)19-10-5-2-6-11-19;3-2(4,5)1(6)7/h1-13,20-22,29,31H,14-17H2,(H,30,32);(H,6,7)/t20-,21+;/m0./s1. The molecule has 0 radical (unpaired) electrons. The highest BCUT2D eigenvalue weighted by Gasteiger charge is 2.38. The maximum atomic E-state index is 13.1. The average Bonchev–Trinajstić information content (AvgIpc) is 2.95. The molecular formula is C28H28Cl2F3N3O5S. The summed E-state index contributed by atoms with van der Waals surface area (Å²) in [7, 11) is -3.90. The Morgan fingerprint density at radius 1 is 0.929 bits per heavy atom. The molecule has 0 aliphatic carbocycles. The molecule has 2 atom stereocenters. The second-order valence-corrected chi connectivity index (χ2v) is 11.9. The monoisotopic (exact) mass is 645 g/mol. The van der Waals surface area contributed by atoms with Gasteiger partial charge in [-0.3, -0.25) is 4.79 Å². The van der Waals surface area contributed by atoms with Crippen LogP contribution in [0.1, 0.15) is 23.5 Å². The van der Waals surface area contributed by atoms with Crippen molar-refractivity contribution in [2.24, 2.45) is 5.92 Å². The highest BCUT2D eigenvalue weighted by molar-refractivity contribution is 7.89. The lowest BCUT2D eigenvalue weighted by Crippen LogP contribution is -2.52. The van der Waals surface area contributed by atoms with E-state index in [2.05, 4.69) is 39.6 Å². The second kappa shape index (κ2) is 14.8. The SMILES string of the molecule is O=C(NCC(c1ccccc1)c1ccccc1)[C@@H]1CNC[C@H](NS(=O)(=O)c2cccc(Cl)c2Cl)C1.O=C(O)C(F)(F)F. The molecule has 226 valence electrons. The first kappa shape index (κ1) is 33.3. The van der Waals surface area contributed by atoms with Crippen LogP contribution < -0.4 is 15.4 Å². The van der Waals surface area contributed by atoms with Crippen LogP contribution >= 0.6 is 23.2 Å². The van der Waals surface area contributed by atoms with E-state index in [1.807, 2.05) is 36.4 Å². The molecule has 1 aliphatic rings. The van der Waals surface area contributed by atoms with Crippen molar-refractivity contribution in [3.05, 3.63) is 100 Å². The van der Waals surface area contributed by atoms with Crippen molar-refractivity contribution in [2.75, 3.05) is 19.6 Å². The van der Waals surface area contributed by atoms with E-state index in [-0.39, 0.29) is 32.7 Å². The number of nitrogens with one attached hydrogen (secondary N) is 3. The third kappa shape index (κ3) is 9.43. The zero-order valence-electron chi connectivity index (χ0n) is 21.9. The van der Waals surface area contributed by atoms with Crippen LogP contribution in [0, 0.1) is 5.92 Å². The summed E-state index contributed by atoms with van der Waals surface area (Å²) in [6.45, 7) is 1.33. The molecule has 1 heterocycles. The normalized spacial score (nSPS) is 17.2. The minimum atomic E-state index is -5.08. The van der Waals surface area contributed by atoms with Gasteiger partial charge in [-0.15, -0.1) is 0 Å². The number of carbonyl (C=O) groups excluding carboxylic acids is 1. The van der Waals surface area contributed by atoms with Crippen molar-refractivity contribution in [2.45, 2.75) is 29.5 Å². The van der Waals surface area contributed by atoms with Crippen molar-refractivity contribution in [1.82, 2.24) is 15.4 Å². The molecule has 4 N–H and O–H groups in total. The molecule has 0 spiro atoms. The number of sulfonamides is 1. The van der Waals surface area contributed by atoms with Crippen molar-refractivity contribution in [1.29, 1.82) is 0 Å². The molecule has 0 aromatic heterocycles. The maximum absolute atomic E-state index is 13.1. The summed E-state index contributed by atoms with van der Waals surface area (Å²) in [6, 6.07) is 24.1. The number of amides is 1. The predicted octanol–water partition coefficient (Wildman–Crippen LogP) is 4.83. The topological polar surface area (TPSA) is 125 Å². The minimum Gasteiger partial charge on any atom is -0.475 e. The Labute approximate surface area is 251 Å². The molecule has 1 aliphatic heterocycles. The predicted molar refractivity (Wildman–Crippen MR) is 153 cm³/mol. The van der Waals surface area contributed by atoms with Gasteiger partial charge in [0.15, 0.2) is 0 Å². The van der Waals surface area contributed by atoms with E-state index in [0.29, 0.717) is 26.1 Å². The van der Waals surface area contributed by atoms with E-state index < -0.39 is 28.2 Å². The van der Waals surface area contributed by atoms with Gasteiger partial charge in [0.25, 0.3) is 0 Å². The summed E-state index contributed by atoms with van der Waals surface area (Å²) in [4.78, 5) is 21.9. The van der Waals surface area contributed by atoms with Gasteiger partial charge in [0, 0.05) is 31.6 Å². The lowest BCUT2D eigenvalue weighted by Gasteiger charge is -2.30. The number of carbonyl (C=O) groups is 2. The molecule has 3 aromatic rings. The molecule has 14 heteroatoms. The number of benzene rings is 3. The fourth-order valence-electron chi connectivity index (χ4n) is 4.35. The van der Waals surface area contributed by atoms with Gasteiger partial charge in [-0.2, -0.15) is 13.2 Å². The fourth-order valence-corrected chi connectivity index (χ4v) is 6.36. The third-order valence-corrected chi connectivity index (χ3v) is 8.87. The number of hydrogen-bond donors (Lipinski definition) is 4. The Kier molecular flexibility index (Phi) is 11.8. The van der Waals surface area contributed by atoms with Crippen LogP contribution in [-0.2, 0) is 19.6 Å². The molecule has 8 nitrogen and oxygen atoms in total. The lowest BCUT2D eigenvalue weighted by atomic mass is 9.90. The molecule has 0 bridgehead atoms. The first-order valence-electron chi connectivity index (χ1n) is 12.6. The Balaban J connectivity index is 0.000000616.